The molecule has 28 heavy (non-hydrogen) atoms. The molecule has 2 aromatic rings. The van der Waals surface area contributed by atoms with E-state index in [0.717, 1.165) is 0 Å². The molecule has 0 aliphatic heterocycles. The van der Waals surface area contributed by atoms with Crippen LogP contribution in [0.25, 0.3) is 0 Å². The van der Waals surface area contributed by atoms with Crippen LogP contribution in [-0.4, -0.2) is 31.6 Å². The molecule has 9 heteroatoms. The summed E-state index contributed by atoms with van der Waals surface area (Å²) in [4.78, 5) is 12.4. The lowest BCUT2D eigenvalue weighted by Gasteiger charge is -2.26. The van der Waals surface area contributed by atoms with E-state index in [1.165, 1.54) is 42.5 Å². The van der Waals surface area contributed by atoms with Crippen molar-refractivity contribution in [2.24, 2.45) is 0 Å². The summed E-state index contributed by atoms with van der Waals surface area (Å²) in [5.41, 5.74) is 0.549. The lowest BCUT2D eigenvalue weighted by atomic mass is 9.94. The number of halogens is 2. The van der Waals surface area contributed by atoms with E-state index in [-0.39, 0.29) is 27.1 Å². The van der Waals surface area contributed by atoms with Gasteiger partial charge in [0.05, 0.1) is 15.5 Å². The zero-order valence-corrected chi connectivity index (χ0v) is 17.3. The van der Waals surface area contributed by atoms with Crippen LogP contribution in [0.15, 0.2) is 51.8 Å². The molecule has 1 aliphatic carbocycles. The molecular formula is C19H20BrFN2O4S. The second kappa shape index (κ2) is 8.69. The SMILES string of the molecule is O=C(Nc1ccc(F)c(Br)c1)c1cccc(S(=O)(=O)NC2CCC(O)CC2)c1. The van der Waals surface area contributed by atoms with Crippen LogP contribution < -0.4 is 10.0 Å². The molecular weight excluding hydrogens is 451 g/mol. The fourth-order valence-corrected chi connectivity index (χ4v) is 4.79. The molecule has 1 saturated carbocycles. The monoisotopic (exact) mass is 470 g/mol. The highest BCUT2D eigenvalue weighted by Crippen LogP contribution is 2.22. The van der Waals surface area contributed by atoms with Crippen LogP contribution in [0.2, 0.25) is 0 Å². The maximum absolute atomic E-state index is 13.3. The quantitative estimate of drug-likeness (QED) is 0.623. The van der Waals surface area contributed by atoms with Gasteiger partial charge in [0, 0.05) is 17.3 Å². The Hall–Kier alpha value is -1.81. The number of amides is 1. The molecule has 150 valence electrons. The standard InChI is InChI=1S/C19H20BrFN2O4S/c20-17-11-14(6-9-18(17)21)22-19(25)12-2-1-3-16(10-12)28(26,27)23-13-4-7-15(24)8-5-13/h1-3,6,9-11,13,15,23-24H,4-5,7-8H2,(H,22,25). The van der Waals surface area contributed by atoms with E-state index in [9.17, 15) is 22.7 Å². The summed E-state index contributed by atoms with van der Waals surface area (Å²) in [5, 5.41) is 12.2. The summed E-state index contributed by atoms with van der Waals surface area (Å²) < 4.78 is 41.5. The summed E-state index contributed by atoms with van der Waals surface area (Å²) in [6.45, 7) is 0. The minimum atomic E-state index is -3.79. The molecule has 0 saturated heterocycles. The molecule has 1 amide bonds. The Labute approximate surface area is 171 Å². The van der Waals surface area contributed by atoms with Crippen molar-refractivity contribution in [3.63, 3.8) is 0 Å². The zero-order valence-electron chi connectivity index (χ0n) is 14.9. The van der Waals surface area contributed by atoms with E-state index < -0.39 is 21.7 Å². The van der Waals surface area contributed by atoms with Gasteiger partial charge in [0.2, 0.25) is 10.0 Å². The first-order valence-corrected chi connectivity index (χ1v) is 11.1. The molecule has 0 aromatic heterocycles. The van der Waals surface area contributed by atoms with Gasteiger partial charge in [-0.05, 0) is 78.0 Å². The molecule has 0 bridgehead atoms. The van der Waals surface area contributed by atoms with Gasteiger partial charge in [0.25, 0.3) is 5.91 Å². The fourth-order valence-electron chi connectivity index (χ4n) is 3.06. The first kappa shape index (κ1) is 20.9. The van der Waals surface area contributed by atoms with Crippen molar-refractivity contribution in [3.8, 4) is 0 Å². The van der Waals surface area contributed by atoms with Crippen molar-refractivity contribution in [3.05, 3.63) is 58.3 Å². The molecule has 0 atom stereocenters. The summed E-state index contributed by atoms with van der Waals surface area (Å²) in [5.74, 6) is -0.955. The molecule has 1 fully saturated rings. The average Bonchev–Trinajstić information content (AvgIpc) is 2.66. The highest BCUT2D eigenvalue weighted by Gasteiger charge is 2.25. The Bertz CT molecular complexity index is 976. The van der Waals surface area contributed by atoms with Gasteiger partial charge in [-0.1, -0.05) is 6.07 Å². The van der Waals surface area contributed by atoms with Crippen LogP contribution >= 0.6 is 15.9 Å². The van der Waals surface area contributed by atoms with Crippen molar-refractivity contribution >= 4 is 37.5 Å². The third kappa shape index (κ3) is 5.16. The molecule has 3 rings (SSSR count). The van der Waals surface area contributed by atoms with Crippen LogP contribution in [0.4, 0.5) is 10.1 Å². The Morgan fingerprint density at radius 1 is 1.11 bits per heavy atom. The number of hydrogen-bond acceptors (Lipinski definition) is 4. The van der Waals surface area contributed by atoms with Gasteiger partial charge in [-0.15, -0.1) is 0 Å². The van der Waals surface area contributed by atoms with Gasteiger partial charge in [0.15, 0.2) is 0 Å². The minimum Gasteiger partial charge on any atom is -0.393 e. The van der Waals surface area contributed by atoms with Crippen molar-refractivity contribution in [2.45, 2.75) is 42.7 Å². The number of hydrogen-bond donors (Lipinski definition) is 3. The van der Waals surface area contributed by atoms with Crippen molar-refractivity contribution in [2.75, 3.05) is 5.32 Å². The summed E-state index contributed by atoms with van der Waals surface area (Å²) >= 11 is 3.05. The van der Waals surface area contributed by atoms with Gasteiger partial charge in [-0.25, -0.2) is 17.5 Å². The van der Waals surface area contributed by atoms with Gasteiger partial charge in [-0.2, -0.15) is 0 Å². The van der Waals surface area contributed by atoms with Crippen LogP contribution in [0, 0.1) is 5.82 Å². The van der Waals surface area contributed by atoms with Crippen LogP contribution in [0.3, 0.4) is 0 Å². The maximum atomic E-state index is 13.3. The first-order chi connectivity index (χ1) is 13.2. The Morgan fingerprint density at radius 2 is 1.82 bits per heavy atom. The molecule has 0 heterocycles. The summed E-state index contributed by atoms with van der Waals surface area (Å²) in [6, 6.07) is 9.54. The van der Waals surface area contributed by atoms with Gasteiger partial charge >= 0.3 is 0 Å². The van der Waals surface area contributed by atoms with Crippen molar-refractivity contribution < 1.29 is 22.7 Å². The average molecular weight is 471 g/mol. The molecule has 2 aromatic carbocycles. The number of aliphatic hydroxyl groups excluding tert-OH is 1. The fraction of sp³-hybridized carbons (Fsp3) is 0.316. The van der Waals surface area contributed by atoms with Crippen molar-refractivity contribution in [1.29, 1.82) is 0 Å². The van der Waals surface area contributed by atoms with Gasteiger partial charge < -0.3 is 10.4 Å². The minimum absolute atomic E-state index is 0.00782. The second-order valence-electron chi connectivity index (χ2n) is 6.74. The Balaban J connectivity index is 1.73. The lowest BCUT2D eigenvalue weighted by molar-refractivity contribution is 0.102. The summed E-state index contributed by atoms with van der Waals surface area (Å²) in [7, 11) is -3.79. The number of carbonyl (C=O) groups is 1. The van der Waals surface area contributed by atoms with E-state index in [2.05, 4.69) is 26.0 Å². The van der Waals surface area contributed by atoms with E-state index in [4.69, 9.17) is 0 Å². The number of rotatable bonds is 5. The van der Waals surface area contributed by atoms with Crippen molar-refractivity contribution in [1.82, 2.24) is 4.72 Å². The van der Waals surface area contributed by atoms with Gasteiger partial charge in [-0.3, -0.25) is 4.79 Å². The number of sulfonamides is 1. The van der Waals surface area contributed by atoms with E-state index in [1.54, 1.807) is 0 Å². The number of carbonyl (C=O) groups excluding carboxylic acids is 1. The topological polar surface area (TPSA) is 95.5 Å². The predicted molar refractivity (Wildman–Crippen MR) is 107 cm³/mol. The third-order valence-corrected chi connectivity index (χ3v) is 6.73. The smallest absolute Gasteiger partial charge is 0.255 e. The maximum Gasteiger partial charge on any atom is 0.255 e. The Kier molecular flexibility index (Phi) is 6.49. The number of aliphatic hydroxyl groups is 1. The van der Waals surface area contributed by atoms with Crippen LogP contribution in [0.1, 0.15) is 36.0 Å². The lowest BCUT2D eigenvalue weighted by Crippen LogP contribution is -2.38. The normalized spacial score (nSPS) is 20.0. The molecule has 3 N–H and O–H groups in total. The molecule has 0 radical (unpaired) electrons. The largest absolute Gasteiger partial charge is 0.393 e. The van der Waals surface area contributed by atoms with E-state index in [0.29, 0.717) is 31.4 Å². The van der Waals surface area contributed by atoms with E-state index in [1.807, 2.05) is 0 Å². The second-order valence-corrected chi connectivity index (χ2v) is 9.31. The molecule has 6 nitrogen and oxygen atoms in total. The number of benzene rings is 2. The summed E-state index contributed by atoms with van der Waals surface area (Å²) in [6.07, 6.45) is 1.88. The molecule has 0 unspecified atom stereocenters. The Morgan fingerprint density at radius 3 is 2.50 bits per heavy atom. The highest BCUT2D eigenvalue weighted by atomic mass is 79.9. The predicted octanol–water partition coefficient (Wildman–Crippen LogP) is 3.42. The highest BCUT2D eigenvalue weighted by molar-refractivity contribution is 9.10. The zero-order chi connectivity index (χ0) is 20.3. The van der Waals surface area contributed by atoms with Crippen LogP contribution in [-0.2, 0) is 10.0 Å². The third-order valence-electron chi connectivity index (χ3n) is 4.60. The van der Waals surface area contributed by atoms with Gasteiger partial charge in [0.1, 0.15) is 5.82 Å². The first-order valence-electron chi connectivity index (χ1n) is 8.81. The van der Waals surface area contributed by atoms with E-state index >= 15 is 0 Å². The molecule has 0 spiro atoms. The molecule has 1 aliphatic rings. The number of nitrogens with one attached hydrogen (secondary N) is 2. The number of anilines is 1. The van der Waals surface area contributed by atoms with Crippen LogP contribution in [0.5, 0.6) is 0 Å².